The molecule has 2 rings (SSSR count). The van der Waals surface area contributed by atoms with Crippen molar-refractivity contribution in [3.63, 3.8) is 0 Å². The molecule has 0 fully saturated rings. The first kappa shape index (κ1) is 13.7. The Labute approximate surface area is 119 Å². The van der Waals surface area contributed by atoms with E-state index in [1.807, 2.05) is 42.5 Å². The molecule has 1 aromatic heterocycles. The lowest BCUT2D eigenvalue weighted by Gasteiger charge is -2.09. The average molecular weight is 276 g/mol. The molecule has 0 radical (unpaired) electrons. The number of halogens is 1. The Morgan fingerprint density at radius 1 is 1.05 bits per heavy atom. The summed E-state index contributed by atoms with van der Waals surface area (Å²) in [5, 5.41) is 7.32. The van der Waals surface area contributed by atoms with Gasteiger partial charge in [-0.15, -0.1) is 0 Å². The molecule has 0 atom stereocenters. The number of benzene rings is 1. The van der Waals surface area contributed by atoms with Gasteiger partial charge in [-0.2, -0.15) is 0 Å². The molecular weight excluding hydrogens is 258 g/mol. The summed E-state index contributed by atoms with van der Waals surface area (Å²) in [6, 6.07) is 13.7. The van der Waals surface area contributed by atoms with Crippen LogP contribution in [0.1, 0.15) is 18.9 Å². The minimum atomic E-state index is 0.713. The van der Waals surface area contributed by atoms with E-state index in [-0.39, 0.29) is 0 Å². The number of rotatable bonds is 6. The van der Waals surface area contributed by atoms with Crippen LogP contribution >= 0.6 is 11.6 Å². The molecule has 0 amide bonds. The largest absolute Gasteiger partial charge is 0.370 e. The number of hydrogen-bond acceptors (Lipinski definition) is 3. The first-order valence-corrected chi connectivity index (χ1v) is 6.85. The fraction of sp³-hybridized carbons (Fsp3) is 0.267. The van der Waals surface area contributed by atoms with Gasteiger partial charge in [0, 0.05) is 18.1 Å². The lowest BCUT2D eigenvalue weighted by Crippen LogP contribution is -2.05. The summed E-state index contributed by atoms with van der Waals surface area (Å²) in [5.74, 6) is 1.76. The molecule has 0 bridgehead atoms. The van der Waals surface area contributed by atoms with E-state index in [2.05, 4.69) is 22.5 Å². The van der Waals surface area contributed by atoms with Gasteiger partial charge in [0.2, 0.25) is 0 Å². The molecule has 0 unspecified atom stereocenters. The third-order valence-electron chi connectivity index (χ3n) is 2.67. The quantitative estimate of drug-likeness (QED) is 0.831. The summed E-state index contributed by atoms with van der Waals surface area (Å²) in [7, 11) is 0. The zero-order valence-corrected chi connectivity index (χ0v) is 11.7. The van der Waals surface area contributed by atoms with Crippen LogP contribution in [0.25, 0.3) is 0 Å². The molecule has 1 aromatic carbocycles. The first-order chi connectivity index (χ1) is 9.28. The number of nitrogens with one attached hydrogen (secondary N) is 2. The molecule has 1 heterocycles. The van der Waals surface area contributed by atoms with Gasteiger partial charge < -0.3 is 10.6 Å². The smallest absolute Gasteiger partial charge is 0.128 e. The standard InChI is InChI=1S/C15H18ClN3/c1-2-9-17-14-7-4-8-15(19-14)18-11-12-5-3-6-13(16)10-12/h3-8,10H,2,9,11H2,1H3,(H2,17,18,19). The molecule has 0 saturated carbocycles. The van der Waals surface area contributed by atoms with Gasteiger partial charge in [0.05, 0.1) is 0 Å². The van der Waals surface area contributed by atoms with E-state index in [1.54, 1.807) is 0 Å². The van der Waals surface area contributed by atoms with Crippen molar-refractivity contribution in [3.8, 4) is 0 Å². The van der Waals surface area contributed by atoms with Gasteiger partial charge in [0.25, 0.3) is 0 Å². The summed E-state index contributed by atoms with van der Waals surface area (Å²) in [5.41, 5.74) is 1.14. The maximum atomic E-state index is 5.96. The summed E-state index contributed by atoms with van der Waals surface area (Å²) in [6.07, 6.45) is 1.09. The van der Waals surface area contributed by atoms with E-state index in [9.17, 15) is 0 Å². The highest BCUT2D eigenvalue weighted by atomic mass is 35.5. The zero-order valence-electron chi connectivity index (χ0n) is 11.0. The molecule has 4 heteroatoms. The molecule has 100 valence electrons. The van der Waals surface area contributed by atoms with Gasteiger partial charge in [0.15, 0.2) is 0 Å². The van der Waals surface area contributed by atoms with Crippen LogP contribution in [-0.2, 0) is 6.54 Å². The van der Waals surface area contributed by atoms with Crippen molar-refractivity contribution in [2.75, 3.05) is 17.2 Å². The predicted molar refractivity (Wildman–Crippen MR) is 81.8 cm³/mol. The lowest BCUT2D eigenvalue weighted by atomic mass is 10.2. The van der Waals surface area contributed by atoms with Gasteiger partial charge in [0.1, 0.15) is 11.6 Å². The van der Waals surface area contributed by atoms with Crippen molar-refractivity contribution >= 4 is 23.2 Å². The van der Waals surface area contributed by atoms with E-state index in [4.69, 9.17) is 11.6 Å². The van der Waals surface area contributed by atoms with Crippen LogP contribution in [0.5, 0.6) is 0 Å². The second-order valence-corrected chi connectivity index (χ2v) is 4.75. The fourth-order valence-electron chi connectivity index (χ4n) is 1.72. The second kappa shape index (κ2) is 7.00. The lowest BCUT2D eigenvalue weighted by molar-refractivity contribution is 0.968. The molecular formula is C15H18ClN3. The number of aromatic nitrogens is 1. The van der Waals surface area contributed by atoms with Crippen LogP contribution in [0.3, 0.4) is 0 Å². The van der Waals surface area contributed by atoms with Crippen LogP contribution in [0, 0.1) is 0 Å². The Bertz CT molecular complexity index is 528. The average Bonchev–Trinajstić information content (AvgIpc) is 2.43. The van der Waals surface area contributed by atoms with Gasteiger partial charge in [-0.3, -0.25) is 0 Å². The predicted octanol–water partition coefficient (Wildman–Crippen LogP) is 4.17. The number of nitrogens with zero attached hydrogens (tertiary/aromatic N) is 1. The SMILES string of the molecule is CCCNc1cccc(NCc2cccc(Cl)c2)n1. The summed E-state index contributed by atoms with van der Waals surface area (Å²) in [6.45, 7) is 3.78. The van der Waals surface area contributed by atoms with Crippen molar-refractivity contribution in [2.45, 2.75) is 19.9 Å². The monoisotopic (exact) mass is 275 g/mol. The van der Waals surface area contributed by atoms with E-state index in [0.717, 1.165) is 35.2 Å². The van der Waals surface area contributed by atoms with Crippen LogP contribution in [-0.4, -0.2) is 11.5 Å². The third kappa shape index (κ3) is 4.45. The normalized spacial score (nSPS) is 10.2. The molecule has 0 aliphatic carbocycles. The Balaban J connectivity index is 1.95. The minimum absolute atomic E-state index is 0.713. The minimum Gasteiger partial charge on any atom is -0.370 e. The number of anilines is 2. The molecule has 0 spiro atoms. The maximum Gasteiger partial charge on any atom is 0.128 e. The van der Waals surface area contributed by atoms with Crippen molar-refractivity contribution in [1.29, 1.82) is 0 Å². The highest BCUT2D eigenvalue weighted by molar-refractivity contribution is 6.30. The van der Waals surface area contributed by atoms with Gasteiger partial charge in [-0.05, 0) is 36.2 Å². The Hall–Kier alpha value is -1.74. The highest BCUT2D eigenvalue weighted by Crippen LogP contribution is 2.13. The summed E-state index contributed by atoms with van der Waals surface area (Å²) < 4.78 is 0. The van der Waals surface area contributed by atoms with Crippen LogP contribution in [0.2, 0.25) is 5.02 Å². The zero-order chi connectivity index (χ0) is 13.5. The van der Waals surface area contributed by atoms with Crippen LogP contribution in [0.15, 0.2) is 42.5 Å². The molecule has 3 nitrogen and oxygen atoms in total. The van der Waals surface area contributed by atoms with Crippen molar-refractivity contribution in [1.82, 2.24) is 4.98 Å². The topological polar surface area (TPSA) is 37.0 Å². The summed E-state index contributed by atoms with van der Waals surface area (Å²) >= 11 is 5.96. The number of hydrogen-bond donors (Lipinski definition) is 2. The van der Waals surface area contributed by atoms with E-state index in [0.29, 0.717) is 6.54 Å². The first-order valence-electron chi connectivity index (χ1n) is 6.47. The third-order valence-corrected chi connectivity index (χ3v) is 2.90. The molecule has 19 heavy (non-hydrogen) atoms. The van der Waals surface area contributed by atoms with Crippen molar-refractivity contribution < 1.29 is 0 Å². The maximum absolute atomic E-state index is 5.96. The molecule has 0 saturated heterocycles. The summed E-state index contributed by atoms with van der Waals surface area (Å²) in [4.78, 5) is 4.49. The van der Waals surface area contributed by atoms with Crippen LogP contribution < -0.4 is 10.6 Å². The molecule has 0 aliphatic rings. The fourth-order valence-corrected chi connectivity index (χ4v) is 1.94. The molecule has 2 aromatic rings. The number of pyridine rings is 1. The van der Waals surface area contributed by atoms with Crippen molar-refractivity contribution in [3.05, 3.63) is 53.1 Å². The van der Waals surface area contributed by atoms with Crippen molar-refractivity contribution in [2.24, 2.45) is 0 Å². The Morgan fingerprint density at radius 2 is 1.79 bits per heavy atom. The van der Waals surface area contributed by atoms with E-state index < -0.39 is 0 Å². The van der Waals surface area contributed by atoms with Crippen LogP contribution in [0.4, 0.5) is 11.6 Å². The van der Waals surface area contributed by atoms with Gasteiger partial charge in [-0.1, -0.05) is 36.7 Å². The Kier molecular flexibility index (Phi) is 5.04. The van der Waals surface area contributed by atoms with Gasteiger partial charge >= 0.3 is 0 Å². The molecule has 2 N–H and O–H groups in total. The highest BCUT2D eigenvalue weighted by Gasteiger charge is 1.98. The molecule has 0 aliphatic heterocycles. The van der Waals surface area contributed by atoms with E-state index in [1.165, 1.54) is 0 Å². The van der Waals surface area contributed by atoms with E-state index >= 15 is 0 Å². The van der Waals surface area contributed by atoms with Gasteiger partial charge in [-0.25, -0.2) is 4.98 Å². The Morgan fingerprint density at radius 3 is 2.53 bits per heavy atom. The second-order valence-electron chi connectivity index (χ2n) is 4.32.